The molecule has 0 aliphatic heterocycles. The maximum absolute atomic E-state index is 6.06. The van der Waals surface area contributed by atoms with Crippen molar-refractivity contribution in [2.75, 3.05) is 0 Å². The van der Waals surface area contributed by atoms with Gasteiger partial charge >= 0.3 is 0 Å². The standard InChI is InChI=1S/C13H25N3O/c1-4-6-7-8-9-10-11-15-12(16-17-11)13(3,14)5-2/h4-10,14H2,1-3H3. The summed E-state index contributed by atoms with van der Waals surface area (Å²) in [5, 5.41) is 3.96. The highest BCUT2D eigenvalue weighted by atomic mass is 16.5. The molecule has 0 bridgehead atoms. The van der Waals surface area contributed by atoms with Crippen LogP contribution < -0.4 is 5.73 Å². The predicted octanol–water partition coefficient (Wildman–Crippen LogP) is 3.17. The summed E-state index contributed by atoms with van der Waals surface area (Å²) in [7, 11) is 0. The van der Waals surface area contributed by atoms with Crippen LogP contribution in [0.4, 0.5) is 0 Å². The van der Waals surface area contributed by atoms with Crippen LogP contribution in [0.2, 0.25) is 0 Å². The number of aryl methyl sites for hydroxylation is 1. The minimum Gasteiger partial charge on any atom is -0.339 e. The summed E-state index contributed by atoms with van der Waals surface area (Å²) in [4.78, 5) is 4.37. The van der Waals surface area contributed by atoms with E-state index in [9.17, 15) is 0 Å². The van der Waals surface area contributed by atoms with Crippen LogP contribution >= 0.6 is 0 Å². The second-order valence-corrected chi connectivity index (χ2v) is 4.95. The Morgan fingerprint density at radius 3 is 2.53 bits per heavy atom. The number of unbranched alkanes of at least 4 members (excludes halogenated alkanes) is 4. The summed E-state index contributed by atoms with van der Waals surface area (Å²) >= 11 is 0. The zero-order valence-corrected chi connectivity index (χ0v) is 11.3. The molecule has 0 amide bonds. The van der Waals surface area contributed by atoms with Crippen LogP contribution in [0.1, 0.15) is 71.0 Å². The van der Waals surface area contributed by atoms with Gasteiger partial charge in [-0.3, -0.25) is 0 Å². The number of nitrogens with zero attached hydrogens (tertiary/aromatic N) is 2. The summed E-state index contributed by atoms with van der Waals surface area (Å²) in [5.41, 5.74) is 5.59. The highest BCUT2D eigenvalue weighted by Gasteiger charge is 2.24. The second-order valence-electron chi connectivity index (χ2n) is 4.95. The van der Waals surface area contributed by atoms with E-state index in [1.165, 1.54) is 25.7 Å². The van der Waals surface area contributed by atoms with Crippen LogP contribution in [0.3, 0.4) is 0 Å². The lowest BCUT2D eigenvalue weighted by molar-refractivity contribution is 0.349. The van der Waals surface area contributed by atoms with E-state index in [0.717, 1.165) is 25.2 Å². The third-order valence-electron chi connectivity index (χ3n) is 3.21. The van der Waals surface area contributed by atoms with Gasteiger partial charge in [-0.2, -0.15) is 4.98 Å². The zero-order chi connectivity index (χ0) is 12.7. The molecular weight excluding hydrogens is 214 g/mol. The molecule has 1 aromatic heterocycles. The average molecular weight is 239 g/mol. The SMILES string of the molecule is CCCCCCCc1nc(C(C)(N)CC)no1. The molecule has 2 N–H and O–H groups in total. The Hall–Kier alpha value is -0.900. The van der Waals surface area contributed by atoms with Crippen molar-refractivity contribution in [1.82, 2.24) is 10.1 Å². The van der Waals surface area contributed by atoms with Gasteiger partial charge in [-0.05, 0) is 19.8 Å². The molecule has 0 aliphatic rings. The third kappa shape index (κ3) is 4.46. The van der Waals surface area contributed by atoms with Gasteiger partial charge in [0.1, 0.15) is 0 Å². The lowest BCUT2D eigenvalue weighted by Gasteiger charge is -2.16. The van der Waals surface area contributed by atoms with Crippen molar-refractivity contribution < 1.29 is 4.52 Å². The van der Waals surface area contributed by atoms with E-state index in [2.05, 4.69) is 17.1 Å². The second kappa shape index (κ2) is 6.74. The molecule has 1 atom stereocenters. The topological polar surface area (TPSA) is 64.9 Å². The number of rotatable bonds is 8. The van der Waals surface area contributed by atoms with Crippen molar-refractivity contribution in [1.29, 1.82) is 0 Å². The van der Waals surface area contributed by atoms with Gasteiger partial charge in [0.05, 0.1) is 5.54 Å². The summed E-state index contributed by atoms with van der Waals surface area (Å²) in [6.45, 7) is 6.18. The van der Waals surface area contributed by atoms with Crippen molar-refractivity contribution in [3.8, 4) is 0 Å². The molecule has 0 aliphatic carbocycles. The van der Waals surface area contributed by atoms with Gasteiger partial charge in [0.15, 0.2) is 5.82 Å². The van der Waals surface area contributed by atoms with Crippen molar-refractivity contribution >= 4 is 0 Å². The van der Waals surface area contributed by atoms with E-state index < -0.39 is 5.54 Å². The normalized spacial score (nSPS) is 14.8. The molecule has 0 radical (unpaired) electrons. The van der Waals surface area contributed by atoms with Gasteiger partial charge in [0.25, 0.3) is 0 Å². The van der Waals surface area contributed by atoms with Crippen LogP contribution in [0.25, 0.3) is 0 Å². The maximum atomic E-state index is 6.06. The first-order chi connectivity index (χ1) is 8.10. The quantitative estimate of drug-likeness (QED) is 0.708. The number of hydrogen-bond donors (Lipinski definition) is 1. The van der Waals surface area contributed by atoms with Crippen LogP contribution in [-0.4, -0.2) is 10.1 Å². The van der Waals surface area contributed by atoms with E-state index in [4.69, 9.17) is 10.3 Å². The number of aromatic nitrogens is 2. The van der Waals surface area contributed by atoms with Crippen molar-refractivity contribution in [3.05, 3.63) is 11.7 Å². The van der Waals surface area contributed by atoms with Gasteiger partial charge < -0.3 is 10.3 Å². The molecule has 4 heteroatoms. The molecular formula is C13H25N3O. The fourth-order valence-electron chi connectivity index (χ4n) is 1.63. The fraction of sp³-hybridized carbons (Fsp3) is 0.846. The Kier molecular flexibility index (Phi) is 5.62. The smallest absolute Gasteiger partial charge is 0.226 e. The zero-order valence-electron chi connectivity index (χ0n) is 11.3. The van der Waals surface area contributed by atoms with Gasteiger partial charge in [-0.1, -0.05) is 44.7 Å². The Bertz CT molecular complexity index is 320. The first kappa shape index (κ1) is 14.2. The number of hydrogen-bond acceptors (Lipinski definition) is 4. The van der Waals surface area contributed by atoms with Crippen LogP contribution in [-0.2, 0) is 12.0 Å². The molecule has 1 unspecified atom stereocenters. The molecule has 0 spiro atoms. The molecule has 1 heterocycles. The van der Waals surface area contributed by atoms with E-state index in [-0.39, 0.29) is 0 Å². The van der Waals surface area contributed by atoms with Crippen molar-refractivity contribution in [2.45, 2.75) is 71.3 Å². The van der Waals surface area contributed by atoms with Gasteiger partial charge in [0.2, 0.25) is 5.89 Å². The summed E-state index contributed by atoms with van der Waals surface area (Å²) in [6.07, 6.45) is 7.91. The highest BCUT2D eigenvalue weighted by molar-refractivity contribution is 5.00. The first-order valence-electron chi connectivity index (χ1n) is 6.72. The van der Waals surface area contributed by atoms with Crippen LogP contribution in [0, 0.1) is 0 Å². The Labute approximate surface area is 104 Å². The molecule has 0 saturated carbocycles. The summed E-state index contributed by atoms with van der Waals surface area (Å²) in [5.74, 6) is 1.35. The molecule has 17 heavy (non-hydrogen) atoms. The molecule has 1 rings (SSSR count). The van der Waals surface area contributed by atoms with E-state index in [1.807, 2.05) is 13.8 Å². The largest absolute Gasteiger partial charge is 0.339 e. The Balaban J connectivity index is 2.36. The van der Waals surface area contributed by atoms with Crippen LogP contribution in [0.5, 0.6) is 0 Å². The van der Waals surface area contributed by atoms with Crippen LogP contribution in [0.15, 0.2) is 4.52 Å². The van der Waals surface area contributed by atoms with Gasteiger partial charge in [-0.15, -0.1) is 0 Å². The molecule has 0 saturated heterocycles. The molecule has 1 aromatic rings. The summed E-state index contributed by atoms with van der Waals surface area (Å²) in [6, 6.07) is 0. The molecule has 0 fully saturated rings. The molecule has 4 nitrogen and oxygen atoms in total. The summed E-state index contributed by atoms with van der Waals surface area (Å²) < 4.78 is 5.22. The lowest BCUT2D eigenvalue weighted by Crippen LogP contribution is -2.33. The van der Waals surface area contributed by atoms with Crippen molar-refractivity contribution in [3.63, 3.8) is 0 Å². The number of nitrogens with two attached hydrogens (primary N) is 1. The lowest BCUT2D eigenvalue weighted by atomic mass is 10.0. The average Bonchev–Trinajstić information content (AvgIpc) is 2.78. The minimum atomic E-state index is -0.468. The van der Waals surface area contributed by atoms with Crippen molar-refractivity contribution in [2.24, 2.45) is 5.73 Å². The highest BCUT2D eigenvalue weighted by Crippen LogP contribution is 2.18. The molecule has 0 aromatic carbocycles. The fourth-order valence-corrected chi connectivity index (χ4v) is 1.63. The maximum Gasteiger partial charge on any atom is 0.226 e. The molecule has 98 valence electrons. The third-order valence-corrected chi connectivity index (χ3v) is 3.21. The Morgan fingerprint density at radius 1 is 1.18 bits per heavy atom. The Morgan fingerprint density at radius 2 is 1.88 bits per heavy atom. The minimum absolute atomic E-state index is 0.468. The predicted molar refractivity (Wildman–Crippen MR) is 68.6 cm³/mol. The van der Waals surface area contributed by atoms with E-state index >= 15 is 0 Å². The first-order valence-corrected chi connectivity index (χ1v) is 6.72. The van der Waals surface area contributed by atoms with Gasteiger partial charge in [-0.25, -0.2) is 0 Å². The van der Waals surface area contributed by atoms with E-state index in [1.54, 1.807) is 0 Å². The monoisotopic (exact) mass is 239 g/mol. The van der Waals surface area contributed by atoms with E-state index in [0.29, 0.717) is 5.82 Å². The van der Waals surface area contributed by atoms with Gasteiger partial charge in [0, 0.05) is 6.42 Å².